The van der Waals surface area contributed by atoms with Crippen molar-refractivity contribution in [1.29, 1.82) is 0 Å². The number of rotatable bonds is 4. The lowest BCUT2D eigenvalue weighted by Crippen LogP contribution is -2.47. The Morgan fingerprint density at radius 1 is 0.900 bits per heavy atom. The molecular formula is C24H23ClN4S. The monoisotopic (exact) mass is 434 g/mol. The number of fused-ring (bicyclic) bond motifs is 1. The summed E-state index contributed by atoms with van der Waals surface area (Å²) >= 11 is 7.95. The summed E-state index contributed by atoms with van der Waals surface area (Å²) in [6.45, 7) is 5.90. The van der Waals surface area contributed by atoms with E-state index in [1.807, 2.05) is 0 Å². The normalized spacial score (nSPS) is 14.5. The van der Waals surface area contributed by atoms with Gasteiger partial charge in [-0.25, -0.2) is 4.98 Å². The van der Waals surface area contributed by atoms with Crippen LogP contribution in [0.3, 0.4) is 0 Å². The number of aryl methyl sites for hydroxylation is 1. The molecule has 0 spiro atoms. The van der Waals surface area contributed by atoms with Crippen molar-refractivity contribution in [2.45, 2.75) is 13.3 Å². The molecule has 0 unspecified atom stereocenters. The molecule has 0 N–H and O–H groups in total. The van der Waals surface area contributed by atoms with Gasteiger partial charge in [-0.1, -0.05) is 49.4 Å². The van der Waals surface area contributed by atoms with Gasteiger partial charge in [-0.05, 0) is 41.3 Å². The minimum absolute atomic E-state index is 0.317. The maximum atomic E-state index is 6.31. The van der Waals surface area contributed by atoms with Crippen LogP contribution in [0.5, 0.6) is 0 Å². The predicted molar refractivity (Wildman–Crippen MR) is 128 cm³/mol. The summed E-state index contributed by atoms with van der Waals surface area (Å²) in [5, 5.41) is 3.61. The first-order chi connectivity index (χ1) is 14.7. The van der Waals surface area contributed by atoms with Gasteiger partial charge in [-0.2, -0.15) is 4.98 Å². The van der Waals surface area contributed by atoms with E-state index in [9.17, 15) is 0 Å². The van der Waals surface area contributed by atoms with Gasteiger partial charge in [0.05, 0.1) is 5.39 Å². The number of anilines is 2. The van der Waals surface area contributed by atoms with Crippen LogP contribution >= 0.6 is 22.9 Å². The Hall–Kier alpha value is -2.63. The number of para-hydroxylation sites is 1. The smallest absolute Gasteiger partial charge is 0.225 e. The molecule has 0 amide bonds. The minimum atomic E-state index is 0.317. The highest BCUT2D eigenvalue weighted by atomic mass is 35.5. The Labute approximate surface area is 185 Å². The molecule has 0 aliphatic carbocycles. The molecule has 0 saturated carbocycles. The van der Waals surface area contributed by atoms with Crippen LogP contribution in [-0.4, -0.2) is 36.1 Å². The van der Waals surface area contributed by atoms with Crippen molar-refractivity contribution in [3.63, 3.8) is 0 Å². The van der Waals surface area contributed by atoms with E-state index in [0.29, 0.717) is 5.28 Å². The minimum Gasteiger partial charge on any atom is -0.368 e. The van der Waals surface area contributed by atoms with Crippen LogP contribution in [0.15, 0.2) is 60.0 Å². The van der Waals surface area contributed by atoms with Crippen molar-refractivity contribution in [2.75, 3.05) is 36.0 Å². The molecule has 6 heteroatoms. The standard InChI is InChI=1S/C24H23ClN4S/c1-2-17-8-10-18(11-9-17)20-16-30-23-21(20)22(26-24(25)27-23)29-14-12-28(13-15-29)19-6-4-3-5-7-19/h3-11,16H,2,12-15H2,1H3. The third kappa shape index (κ3) is 3.64. The van der Waals surface area contributed by atoms with Gasteiger partial charge in [-0.15, -0.1) is 11.3 Å². The molecule has 4 nitrogen and oxygen atoms in total. The SMILES string of the molecule is CCc1ccc(-c2csc3nc(Cl)nc(N4CCN(c5ccccc5)CC4)c23)cc1. The number of piperazine rings is 1. The van der Waals surface area contributed by atoms with Crippen molar-refractivity contribution in [3.8, 4) is 11.1 Å². The lowest BCUT2D eigenvalue weighted by atomic mass is 10.0. The first-order valence-corrected chi connectivity index (χ1v) is 11.6. The Morgan fingerprint density at radius 2 is 1.60 bits per heavy atom. The second kappa shape index (κ2) is 8.25. The van der Waals surface area contributed by atoms with Crippen molar-refractivity contribution < 1.29 is 0 Å². The topological polar surface area (TPSA) is 32.3 Å². The van der Waals surface area contributed by atoms with Gasteiger partial charge in [0, 0.05) is 42.8 Å². The third-order valence-electron chi connectivity index (χ3n) is 5.76. The zero-order valence-corrected chi connectivity index (χ0v) is 18.5. The summed E-state index contributed by atoms with van der Waals surface area (Å²) in [5.41, 5.74) is 5.01. The second-order valence-corrected chi connectivity index (χ2v) is 8.70. The summed E-state index contributed by atoms with van der Waals surface area (Å²) in [4.78, 5) is 14.9. The largest absolute Gasteiger partial charge is 0.368 e. The van der Waals surface area contributed by atoms with Gasteiger partial charge in [0.25, 0.3) is 0 Å². The average molecular weight is 435 g/mol. The molecule has 1 saturated heterocycles. The number of aromatic nitrogens is 2. The number of nitrogens with zero attached hydrogens (tertiary/aromatic N) is 4. The van der Waals surface area contributed by atoms with E-state index in [-0.39, 0.29) is 0 Å². The summed E-state index contributed by atoms with van der Waals surface area (Å²) in [6.07, 6.45) is 1.04. The van der Waals surface area contributed by atoms with Crippen molar-refractivity contribution >= 4 is 44.7 Å². The highest BCUT2D eigenvalue weighted by molar-refractivity contribution is 7.17. The number of halogens is 1. The number of hydrogen-bond acceptors (Lipinski definition) is 5. The van der Waals surface area contributed by atoms with E-state index < -0.39 is 0 Å². The molecule has 2 aromatic carbocycles. The average Bonchev–Trinajstić information content (AvgIpc) is 3.23. The molecule has 2 aromatic heterocycles. The Kier molecular flexibility index (Phi) is 5.32. The third-order valence-corrected chi connectivity index (χ3v) is 6.80. The molecule has 3 heterocycles. The van der Waals surface area contributed by atoms with E-state index in [1.54, 1.807) is 11.3 Å². The van der Waals surface area contributed by atoms with Crippen LogP contribution in [-0.2, 0) is 6.42 Å². The van der Waals surface area contributed by atoms with Gasteiger partial charge in [0.15, 0.2) is 0 Å². The molecule has 0 atom stereocenters. The Bertz CT molecular complexity index is 1150. The molecule has 152 valence electrons. The number of thiophene rings is 1. The summed E-state index contributed by atoms with van der Waals surface area (Å²) in [7, 11) is 0. The quantitative estimate of drug-likeness (QED) is 0.374. The molecular weight excluding hydrogens is 412 g/mol. The first-order valence-electron chi connectivity index (χ1n) is 10.3. The fraction of sp³-hybridized carbons (Fsp3) is 0.250. The zero-order chi connectivity index (χ0) is 20.5. The maximum absolute atomic E-state index is 6.31. The summed E-state index contributed by atoms with van der Waals surface area (Å²) in [6, 6.07) is 19.4. The van der Waals surface area contributed by atoms with Crippen LogP contribution in [0.1, 0.15) is 12.5 Å². The van der Waals surface area contributed by atoms with Crippen LogP contribution in [0.2, 0.25) is 5.28 Å². The van der Waals surface area contributed by atoms with E-state index in [4.69, 9.17) is 11.6 Å². The highest BCUT2D eigenvalue weighted by Crippen LogP contribution is 2.39. The van der Waals surface area contributed by atoms with Gasteiger partial charge >= 0.3 is 0 Å². The second-order valence-electron chi connectivity index (χ2n) is 7.51. The van der Waals surface area contributed by atoms with Crippen LogP contribution in [0.4, 0.5) is 11.5 Å². The molecule has 5 rings (SSSR count). The van der Waals surface area contributed by atoms with Crippen LogP contribution in [0.25, 0.3) is 21.3 Å². The van der Waals surface area contributed by atoms with Gasteiger partial charge in [-0.3, -0.25) is 0 Å². The fourth-order valence-electron chi connectivity index (χ4n) is 4.07. The lowest BCUT2D eigenvalue weighted by molar-refractivity contribution is 0.649. The van der Waals surface area contributed by atoms with Gasteiger partial charge < -0.3 is 9.80 Å². The Morgan fingerprint density at radius 3 is 2.30 bits per heavy atom. The summed E-state index contributed by atoms with van der Waals surface area (Å²) < 4.78 is 0. The predicted octanol–water partition coefficient (Wildman–Crippen LogP) is 5.90. The molecule has 1 aliphatic heterocycles. The molecule has 1 aliphatic rings. The number of benzene rings is 2. The lowest BCUT2D eigenvalue weighted by Gasteiger charge is -2.37. The van der Waals surface area contributed by atoms with Gasteiger partial charge in [0.1, 0.15) is 10.6 Å². The molecule has 30 heavy (non-hydrogen) atoms. The van der Waals surface area contributed by atoms with E-state index in [2.05, 4.69) is 86.7 Å². The molecule has 0 radical (unpaired) electrons. The van der Waals surface area contributed by atoms with E-state index in [1.165, 1.54) is 22.4 Å². The molecule has 1 fully saturated rings. The van der Waals surface area contributed by atoms with Crippen molar-refractivity contribution in [1.82, 2.24) is 9.97 Å². The Balaban J connectivity index is 1.49. The summed E-state index contributed by atoms with van der Waals surface area (Å²) in [5.74, 6) is 0.952. The molecule has 0 bridgehead atoms. The first kappa shape index (κ1) is 19.3. The van der Waals surface area contributed by atoms with E-state index >= 15 is 0 Å². The van der Waals surface area contributed by atoms with Crippen molar-refractivity contribution in [3.05, 3.63) is 70.8 Å². The zero-order valence-electron chi connectivity index (χ0n) is 16.9. The van der Waals surface area contributed by atoms with Crippen LogP contribution in [0, 0.1) is 0 Å². The highest BCUT2D eigenvalue weighted by Gasteiger charge is 2.23. The van der Waals surface area contributed by atoms with Crippen LogP contribution < -0.4 is 9.80 Å². The van der Waals surface area contributed by atoms with Gasteiger partial charge in [0.2, 0.25) is 5.28 Å². The maximum Gasteiger partial charge on any atom is 0.225 e. The van der Waals surface area contributed by atoms with E-state index in [0.717, 1.165) is 48.6 Å². The van der Waals surface area contributed by atoms with Crippen molar-refractivity contribution in [2.24, 2.45) is 0 Å². The molecule has 4 aromatic rings. The number of hydrogen-bond donors (Lipinski definition) is 0. The fourth-order valence-corrected chi connectivity index (χ4v) is 5.23.